The maximum atomic E-state index is 12.8. The molecule has 1 unspecified atom stereocenters. The van der Waals surface area contributed by atoms with Crippen LogP contribution in [-0.4, -0.2) is 100 Å². The number of carboxylic acids is 2. The van der Waals surface area contributed by atoms with Crippen LogP contribution >= 0.6 is 0 Å². The number of ether oxygens (including phenoxy) is 1. The topological polar surface area (TPSA) is 120 Å². The molecule has 15 heteroatoms. The van der Waals surface area contributed by atoms with E-state index in [9.17, 15) is 31.1 Å². The summed E-state index contributed by atoms with van der Waals surface area (Å²) in [6.07, 6.45) is -2.76. The predicted molar refractivity (Wildman–Crippen MR) is 129 cm³/mol. The van der Waals surface area contributed by atoms with Gasteiger partial charge in [0.2, 0.25) is 0 Å². The number of alkyl halides is 6. The second-order valence-corrected chi connectivity index (χ2v) is 10.0. The number of piperidine rings is 1. The molecule has 40 heavy (non-hydrogen) atoms. The summed E-state index contributed by atoms with van der Waals surface area (Å²) in [4.78, 5) is 39.8. The molecule has 4 rings (SSSR count). The zero-order valence-electron chi connectivity index (χ0n) is 22.1. The Labute approximate surface area is 227 Å². The fourth-order valence-corrected chi connectivity index (χ4v) is 4.90. The van der Waals surface area contributed by atoms with Crippen molar-refractivity contribution in [3.05, 3.63) is 29.6 Å². The minimum Gasteiger partial charge on any atom is -0.475 e. The molecule has 226 valence electrons. The van der Waals surface area contributed by atoms with Crippen LogP contribution in [0.1, 0.15) is 54.7 Å². The van der Waals surface area contributed by atoms with Gasteiger partial charge in [-0.1, -0.05) is 6.07 Å². The number of rotatable bonds is 5. The van der Waals surface area contributed by atoms with Gasteiger partial charge in [0, 0.05) is 44.0 Å². The number of likely N-dealkylation sites (tertiary alicyclic amines) is 2. The number of hydrogen-bond acceptors (Lipinski definition) is 6. The lowest BCUT2D eigenvalue weighted by molar-refractivity contribution is -0.193. The van der Waals surface area contributed by atoms with Crippen LogP contribution in [0.25, 0.3) is 0 Å². The lowest BCUT2D eigenvalue weighted by Gasteiger charge is -2.46. The maximum Gasteiger partial charge on any atom is 0.490 e. The molecule has 1 atom stereocenters. The van der Waals surface area contributed by atoms with E-state index in [2.05, 4.69) is 9.88 Å². The highest BCUT2D eigenvalue weighted by Gasteiger charge is 2.49. The molecule has 3 heterocycles. The third kappa shape index (κ3) is 9.61. The number of amides is 1. The third-order valence-corrected chi connectivity index (χ3v) is 7.08. The lowest BCUT2D eigenvalue weighted by atomic mass is 9.84. The highest BCUT2D eigenvalue weighted by molar-refractivity contribution is 5.92. The van der Waals surface area contributed by atoms with Crippen LogP contribution < -0.4 is 0 Å². The van der Waals surface area contributed by atoms with Gasteiger partial charge >= 0.3 is 24.3 Å². The number of aromatic nitrogens is 1. The van der Waals surface area contributed by atoms with E-state index in [0.717, 1.165) is 44.1 Å². The molecule has 2 N–H and O–H groups in total. The van der Waals surface area contributed by atoms with Gasteiger partial charge in [-0.3, -0.25) is 9.69 Å². The standard InChI is InChI=1S/C21H31N3O2.2C2HF3O2/c1-16-4-3-5-19(22-16)20(25)23-12-10-21(11-13-23)9-8-18(15-26-2)24(21)14-17-6-7-17;2*3-2(4,5)1(6)7/h3-5,17-18H,6-15H2,1-2H3;2*(H,6,7). The summed E-state index contributed by atoms with van der Waals surface area (Å²) < 4.78 is 69.0. The summed E-state index contributed by atoms with van der Waals surface area (Å²) >= 11 is 0. The van der Waals surface area contributed by atoms with Crippen molar-refractivity contribution in [3.8, 4) is 0 Å². The molecule has 0 radical (unpaired) electrons. The lowest BCUT2D eigenvalue weighted by Crippen LogP contribution is -2.56. The van der Waals surface area contributed by atoms with Gasteiger partial charge in [0.1, 0.15) is 5.69 Å². The van der Waals surface area contributed by atoms with Crippen LogP contribution in [0.5, 0.6) is 0 Å². The number of pyridine rings is 1. The van der Waals surface area contributed by atoms with Gasteiger partial charge in [-0.2, -0.15) is 26.3 Å². The molecule has 2 aliphatic heterocycles. The number of carbonyl (C=O) groups excluding carboxylic acids is 1. The Bertz CT molecular complexity index is 999. The normalized spacial score (nSPS) is 20.7. The number of nitrogens with zero attached hydrogens (tertiary/aromatic N) is 3. The van der Waals surface area contributed by atoms with E-state index in [1.165, 1.54) is 32.2 Å². The van der Waals surface area contributed by atoms with E-state index in [-0.39, 0.29) is 11.4 Å². The van der Waals surface area contributed by atoms with Gasteiger partial charge in [-0.05, 0) is 63.5 Å². The molecule has 0 aromatic carbocycles. The summed E-state index contributed by atoms with van der Waals surface area (Å²) in [7, 11) is 1.82. The molecule has 9 nitrogen and oxygen atoms in total. The summed E-state index contributed by atoms with van der Waals surface area (Å²) in [5.74, 6) is -4.54. The van der Waals surface area contributed by atoms with Crippen LogP contribution in [0.15, 0.2) is 18.2 Å². The molecule has 1 aromatic rings. The van der Waals surface area contributed by atoms with Gasteiger partial charge in [-0.25, -0.2) is 14.6 Å². The first kappa shape index (κ1) is 33.3. The minimum atomic E-state index is -5.08. The summed E-state index contributed by atoms with van der Waals surface area (Å²) in [5.41, 5.74) is 1.76. The highest BCUT2D eigenvalue weighted by atomic mass is 19.4. The largest absolute Gasteiger partial charge is 0.490 e. The van der Waals surface area contributed by atoms with Crippen LogP contribution in [-0.2, 0) is 14.3 Å². The van der Waals surface area contributed by atoms with Crippen molar-refractivity contribution in [1.29, 1.82) is 0 Å². The number of aryl methyl sites for hydroxylation is 1. The van der Waals surface area contributed by atoms with Crippen LogP contribution in [0, 0.1) is 12.8 Å². The zero-order chi connectivity index (χ0) is 30.3. The smallest absolute Gasteiger partial charge is 0.475 e. The SMILES string of the molecule is COCC1CCC2(CCN(C(=O)c3cccc(C)n3)CC2)N1CC1CC1.O=C(O)C(F)(F)F.O=C(O)C(F)(F)F. The number of hydrogen-bond donors (Lipinski definition) is 2. The summed E-state index contributed by atoms with van der Waals surface area (Å²) in [6.45, 7) is 5.68. The van der Waals surface area contributed by atoms with E-state index >= 15 is 0 Å². The van der Waals surface area contributed by atoms with E-state index in [0.29, 0.717) is 11.7 Å². The predicted octanol–water partition coefficient (Wildman–Crippen LogP) is 4.15. The van der Waals surface area contributed by atoms with Gasteiger partial charge < -0.3 is 19.8 Å². The van der Waals surface area contributed by atoms with E-state index in [1.54, 1.807) is 0 Å². The van der Waals surface area contributed by atoms with E-state index in [4.69, 9.17) is 24.5 Å². The molecular formula is C25H33F6N3O6. The number of aliphatic carboxylic acids is 2. The molecule has 1 saturated carbocycles. The van der Waals surface area contributed by atoms with Crippen molar-refractivity contribution in [1.82, 2.24) is 14.8 Å². The fourth-order valence-electron chi connectivity index (χ4n) is 4.90. The average molecular weight is 586 g/mol. The van der Waals surface area contributed by atoms with Crippen molar-refractivity contribution in [3.63, 3.8) is 0 Å². The van der Waals surface area contributed by atoms with Gasteiger partial charge in [-0.15, -0.1) is 0 Å². The summed E-state index contributed by atoms with van der Waals surface area (Å²) in [5, 5.41) is 14.2. The quantitative estimate of drug-likeness (QED) is 0.495. The first-order chi connectivity index (χ1) is 18.5. The molecule has 1 aliphatic carbocycles. The number of carboxylic acid groups (broad SMARTS) is 2. The Balaban J connectivity index is 0.000000333. The highest BCUT2D eigenvalue weighted by Crippen LogP contribution is 2.44. The summed E-state index contributed by atoms with van der Waals surface area (Å²) in [6, 6.07) is 6.25. The third-order valence-electron chi connectivity index (χ3n) is 7.08. The molecule has 1 aromatic heterocycles. The van der Waals surface area contributed by atoms with Gasteiger partial charge in [0.25, 0.3) is 5.91 Å². The molecular weight excluding hydrogens is 552 g/mol. The number of methoxy groups -OCH3 is 1. The Kier molecular flexibility index (Phi) is 11.3. The van der Waals surface area contributed by atoms with Crippen molar-refractivity contribution >= 4 is 17.8 Å². The molecule has 2 saturated heterocycles. The van der Waals surface area contributed by atoms with Crippen molar-refractivity contribution < 1.29 is 55.7 Å². The minimum absolute atomic E-state index is 0.0868. The van der Waals surface area contributed by atoms with E-state index < -0.39 is 24.3 Å². The Morgan fingerprint density at radius 3 is 1.93 bits per heavy atom. The molecule has 3 fully saturated rings. The second kappa shape index (κ2) is 13.6. The maximum absolute atomic E-state index is 12.8. The molecule has 3 aliphatic rings. The fraction of sp³-hybridized carbons (Fsp3) is 0.680. The average Bonchev–Trinajstić information content (AvgIpc) is 3.63. The van der Waals surface area contributed by atoms with Crippen molar-refractivity contribution in [2.45, 2.75) is 69.4 Å². The van der Waals surface area contributed by atoms with Gasteiger partial charge in [0.15, 0.2) is 0 Å². The number of halogens is 6. The molecule has 1 amide bonds. The second-order valence-electron chi connectivity index (χ2n) is 10.0. The van der Waals surface area contributed by atoms with Crippen molar-refractivity contribution in [2.24, 2.45) is 5.92 Å². The van der Waals surface area contributed by atoms with Crippen molar-refractivity contribution in [2.75, 3.05) is 33.4 Å². The first-order valence-corrected chi connectivity index (χ1v) is 12.6. The first-order valence-electron chi connectivity index (χ1n) is 12.6. The van der Waals surface area contributed by atoms with E-state index in [1.807, 2.05) is 37.1 Å². The van der Waals surface area contributed by atoms with Crippen LogP contribution in [0.2, 0.25) is 0 Å². The van der Waals surface area contributed by atoms with Gasteiger partial charge in [0.05, 0.1) is 6.61 Å². The van der Waals surface area contributed by atoms with Crippen LogP contribution in [0.3, 0.4) is 0 Å². The monoisotopic (exact) mass is 585 g/mol. The Morgan fingerprint density at radius 1 is 0.975 bits per heavy atom. The number of carbonyl (C=O) groups is 3. The molecule has 1 spiro atoms. The Morgan fingerprint density at radius 2 is 1.50 bits per heavy atom. The van der Waals surface area contributed by atoms with Crippen LogP contribution in [0.4, 0.5) is 26.3 Å². The zero-order valence-corrected chi connectivity index (χ0v) is 22.1. The Hall–Kier alpha value is -2.94. The molecule has 0 bridgehead atoms.